The van der Waals surface area contributed by atoms with Crippen LogP contribution in [0, 0.1) is 11.8 Å². The lowest BCUT2D eigenvalue weighted by Gasteiger charge is -2.27. The van der Waals surface area contributed by atoms with Gasteiger partial charge in [0, 0.05) is 11.1 Å². The molecule has 148 valence electrons. The van der Waals surface area contributed by atoms with E-state index < -0.39 is 10.0 Å². The summed E-state index contributed by atoms with van der Waals surface area (Å²) in [5, 5.41) is 3.58. The summed E-state index contributed by atoms with van der Waals surface area (Å²) in [6.45, 7) is -0.257. The zero-order valence-corrected chi connectivity index (χ0v) is 17.0. The van der Waals surface area contributed by atoms with Crippen LogP contribution in [-0.4, -0.2) is 26.9 Å². The number of amides is 1. The molecule has 0 heterocycles. The molecule has 28 heavy (non-hydrogen) atoms. The third-order valence-electron chi connectivity index (χ3n) is 5.82. The van der Waals surface area contributed by atoms with Crippen LogP contribution in [0.5, 0.6) is 0 Å². The van der Waals surface area contributed by atoms with Gasteiger partial charge in [-0.15, -0.1) is 0 Å². The number of carbonyl (C=O) groups is 1. The Bertz CT molecular complexity index is 947. The van der Waals surface area contributed by atoms with E-state index in [1.165, 1.54) is 25.0 Å². The minimum absolute atomic E-state index is 0.151. The van der Waals surface area contributed by atoms with Gasteiger partial charge >= 0.3 is 0 Å². The van der Waals surface area contributed by atoms with Crippen LogP contribution in [0.1, 0.15) is 25.7 Å². The molecule has 2 aliphatic carbocycles. The molecule has 2 aliphatic rings. The SMILES string of the molecule is O=C(CN(c1ccc(Cl)cc1)S(=O)(=O)c1ccccc1)N[C@@H]1C[C@@H]2CC[C@@H]1C2. The monoisotopic (exact) mass is 418 g/mol. The standard InChI is InChI=1S/C21H23ClN2O3S/c22-17-8-10-18(11-9-17)24(28(26,27)19-4-2-1-3-5-19)14-21(25)23-20-13-15-6-7-16(20)12-15/h1-5,8-11,15-16,20H,6-7,12-14H2,(H,23,25)/t15-,16-,20-/m1/s1. The molecular formula is C21H23ClN2O3S. The highest BCUT2D eigenvalue weighted by Crippen LogP contribution is 2.44. The number of hydrogen-bond donors (Lipinski definition) is 1. The fourth-order valence-electron chi connectivity index (χ4n) is 4.45. The lowest BCUT2D eigenvalue weighted by molar-refractivity contribution is -0.120. The number of anilines is 1. The number of fused-ring (bicyclic) bond motifs is 2. The molecule has 4 rings (SSSR count). The number of nitrogens with zero attached hydrogens (tertiary/aromatic N) is 1. The zero-order chi connectivity index (χ0) is 19.7. The average Bonchev–Trinajstić information content (AvgIpc) is 3.31. The summed E-state index contributed by atoms with van der Waals surface area (Å²) in [6, 6.07) is 14.8. The lowest BCUT2D eigenvalue weighted by atomic mass is 9.95. The molecule has 2 aromatic carbocycles. The topological polar surface area (TPSA) is 66.5 Å². The molecule has 0 spiro atoms. The Balaban J connectivity index is 1.58. The first kappa shape index (κ1) is 19.3. The molecule has 0 unspecified atom stereocenters. The minimum Gasteiger partial charge on any atom is -0.352 e. The Hall–Kier alpha value is -2.05. The Morgan fingerprint density at radius 1 is 1.04 bits per heavy atom. The largest absolute Gasteiger partial charge is 0.352 e. The number of nitrogens with one attached hydrogen (secondary N) is 1. The number of carbonyl (C=O) groups excluding carboxylic acids is 1. The highest BCUT2D eigenvalue weighted by Gasteiger charge is 2.40. The van der Waals surface area contributed by atoms with E-state index >= 15 is 0 Å². The molecule has 2 bridgehead atoms. The second-order valence-corrected chi connectivity index (χ2v) is 9.95. The Morgan fingerprint density at radius 3 is 2.36 bits per heavy atom. The maximum Gasteiger partial charge on any atom is 0.264 e. The predicted octanol–water partition coefficient (Wildman–Crippen LogP) is 3.84. The Morgan fingerprint density at radius 2 is 1.75 bits per heavy atom. The smallest absolute Gasteiger partial charge is 0.264 e. The Kier molecular flexibility index (Phi) is 5.34. The molecule has 3 atom stereocenters. The van der Waals surface area contributed by atoms with Crippen LogP contribution in [-0.2, 0) is 14.8 Å². The molecule has 0 aliphatic heterocycles. The number of sulfonamides is 1. The van der Waals surface area contributed by atoms with Gasteiger partial charge in [0.1, 0.15) is 6.54 Å². The fraction of sp³-hybridized carbons (Fsp3) is 0.381. The predicted molar refractivity (Wildman–Crippen MR) is 110 cm³/mol. The van der Waals surface area contributed by atoms with Crippen LogP contribution < -0.4 is 9.62 Å². The Labute approximate surface area is 170 Å². The van der Waals surface area contributed by atoms with Crippen LogP contribution >= 0.6 is 11.6 Å². The molecule has 1 amide bonds. The summed E-state index contributed by atoms with van der Waals surface area (Å²) in [5.74, 6) is 0.964. The van der Waals surface area contributed by atoms with Gasteiger partial charge < -0.3 is 5.32 Å². The van der Waals surface area contributed by atoms with Crippen molar-refractivity contribution < 1.29 is 13.2 Å². The van der Waals surface area contributed by atoms with Crippen LogP contribution in [0.25, 0.3) is 0 Å². The van der Waals surface area contributed by atoms with E-state index in [-0.39, 0.29) is 23.4 Å². The molecule has 1 N–H and O–H groups in total. The average molecular weight is 419 g/mol. The first-order valence-electron chi connectivity index (χ1n) is 9.56. The van der Waals surface area contributed by atoms with E-state index in [9.17, 15) is 13.2 Å². The van der Waals surface area contributed by atoms with E-state index in [0.29, 0.717) is 22.5 Å². The highest BCUT2D eigenvalue weighted by molar-refractivity contribution is 7.92. The van der Waals surface area contributed by atoms with Crippen LogP contribution in [0.4, 0.5) is 5.69 Å². The number of benzene rings is 2. The van der Waals surface area contributed by atoms with Gasteiger partial charge in [-0.2, -0.15) is 0 Å². The van der Waals surface area contributed by atoms with Gasteiger partial charge in [0.05, 0.1) is 10.6 Å². The molecule has 2 aromatic rings. The fourth-order valence-corrected chi connectivity index (χ4v) is 6.01. The van der Waals surface area contributed by atoms with Crippen molar-refractivity contribution in [2.24, 2.45) is 11.8 Å². The molecule has 0 aromatic heterocycles. The third-order valence-corrected chi connectivity index (χ3v) is 7.86. The number of rotatable bonds is 6. The first-order chi connectivity index (χ1) is 13.4. The summed E-state index contributed by atoms with van der Waals surface area (Å²) in [7, 11) is -3.88. The summed E-state index contributed by atoms with van der Waals surface area (Å²) in [6.07, 6.45) is 4.58. The quantitative estimate of drug-likeness (QED) is 0.775. The van der Waals surface area contributed by atoms with Gasteiger partial charge in [0.2, 0.25) is 5.91 Å². The molecule has 2 saturated carbocycles. The van der Waals surface area contributed by atoms with E-state index in [4.69, 9.17) is 11.6 Å². The molecule has 0 saturated heterocycles. The van der Waals surface area contributed by atoms with Crippen LogP contribution in [0.2, 0.25) is 5.02 Å². The maximum atomic E-state index is 13.2. The summed E-state index contributed by atoms with van der Waals surface area (Å²) >= 11 is 5.96. The van der Waals surface area contributed by atoms with Crippen molar-refractivity contribution in [1.29, 1.82) is 0 Å². The lowest BCUT2D eigenvalue weighted by Crippen LogP contribution is -2.45. The second-order valence-electron chi connectivity index (χ2n) is 7.65. The van der Waals surface area contributed by atoms with Crippen molar-refractivity contribution in [2.75, 3.05) is 10.8 Å². The molecule has 2 fully saturated rings. The second kappa shape index (κ2) is 7.76. The molecule has 5 nitrogen and oxygen atoms in total. The van der Waals surface area contributed by atoms with Crippen molar-refractivity contribution in [3.05, 3.63) is 59.6 Å². The van der Waals surface area contributed by atoms with Gasteiger partial charge in [-0.25, -0.2) is 8.42 Å². The highest BCUT2D eigenvalue weighted by atomic mass is 35.5. The zero-order valence-electron chi connectivity index (χ0n) is 15.4. The third kappa shape index (κ3) is 3.89. The van der Waals surface area contributed by atoms with Crippen LogP contribution in [0.3, 0.4) is 0 Å². The molecule has 0 radical (unpaired) electrons. The van der Waals surface area contributed by atoms with Crippen molar-refractivity contribution in [1.82, 2.24) is 5.32 Å². The molecular weight excluding hydrogens is 396 g/mol. The summed E-state index contributed by atoms with van der Waals surface area (Å²) < 4.78 is 27.6. The molecule has 7 heteroatoms. The van der Waals surface area contributed by atoms with Crippen molar-refractivity contribution >= 4 is 33.2 Å². The number of hydrogen-bond acceptors (Lipinski definition) is 3. The van der Waals surface area contributed by atoms with Crippen molar-refractivity contribution in [3.8, 4) is 0 Å². The van der Waals surface area contributed by atoms with Crippen molar-refractivity contribution in [2.45, 2.75) is 36.6 Å². The van der Waals surface area contributed by atoms with E-state index in [1.807, 2.05) is 0 Å². The van der Waals surface area contributed by atoms with E-state index in [2.05, 4.69) is 5.32 Å². The normalized spacial score (nSPS) is 23.5. The van der Waals surface area contributed by atoms with Gasteiger partial charge in [0.25, 0.3) is 10.0 Å². The first-order valence-corrected chi connectivity index (χ1v) is 11.4. The van der Waals surface area contributed by atoms with E-state index in [0.717, 1.165) is 17.1 Å². The van der Waals surface area contributed by atoms with Gasteiger partial charge in [-0.3, -0.25) is 9.10 Å². The summed E-state index contributed by atoms with van der Waals surface area (Å²) in [4.78, 5) is 12.9. The van der Waals surface area contributed by atoms with Gasteiger partial charge in [-0.05, 0) is 67.5 Å². The minimum atomic E-state index is -3.88. The summed E-state index contributed by atoms with van der Waals surface area (Å²) in [5.41, 5.74) is 0.413. The van der Waals surface area contributed by atoms with Crippen molar-refractivity contribution in [3.63, 3.8) is 0 Å². The number of halogens is 1. The van der Waals surface area contributed by atoms with Gasteiger partial charge in [-0.1, -0.05) is 36.2 Å². The van der Waals surface area contributed by atoms with E-state index in [1.54, 1.807) is 42.5 Å². The maximum absolute atomic E-state index is 13.2. The van der Waals surface area contributed by atoms with Crippen LogP contribution in [0.15, 0.2) is 59.5 Å². The van der Waals surface area contributed by atoms with Gasteiger partial charge in [0.15, 0.2) is 0 Å².